The van der Waals surface area contributed by atoms with E-state index in [2.05, 4.69) is 15.2 Å². The third-order valence-electron chi connectivity index (χ3n) is 5.19. The quantitative estimate of drug-likeness (QED) is 0.901. The third kappa shape index (κ3) is 2.56. The van der Waals surface area contributed by atoms with Gasteiger partial charge in [0.1, 0.15) is 5.56 Å². The minimum atomic E-state index is -0.278. The zero-order valence-electron chi connectivity index (χ0n) is 13.9. The number of nitrogens with zero attached hydrogens (tertiary/aromatic N) is 2. The maximum atomic E-state index is 12.7. The minimum Gasteiger partial charge on any atom is -0.336 e. The van der Waals surface area contributed by atoms with Gasteiger partial charge < -0.3 is 9.88 Å². The minimum absolute atomic E-state index is 0.237. The predicted octanol–water partition coefficient (Wildman–Crippen LogP) is 1.74. The Kier molecular flexibility index (Phi) is 3.75. The van der Waals surface area contributed by atoms with Gasteiger partial charge in [0.25, 0.3) is 11.5 Å². The molecule has 1 amide bonds. The number of carbonyl (C=O) groups is 1. The molecule has 126 valence electrons. The van der Waals surface area contributed by atoms with E-state index in [4.69, 9.17) is 0 Å². The van der Waals surface area contributed by atoms with Crippen LogP contribution in [0.25, 0.3) is 0 Å². The van der Waals surface area contributed by atoms with Crippen LogP contribution in [0.15, 0.2) is 10.9 Å². The summed E-state index contributed by atoms with van der Waals surface area (Å²) >= 11 is 0. The van der Waals surface area contributed by atoms with E-state index in [1.165, 1.54) is 11.3 Å². The standard InChI is InChI=1S/C18H22N4O2/c1-22(10-16-12-6-4-8-15(12)20-21-16)18(24)13-9-11-5-2-3-7-14(11)19-17(13)23/h9H,2-8,10H2,1H3,(H,19,23)(H,20,21). The van der Waals surface area contributed by atoms with E-state index in [1.54, 1.807) is 18.0 Å². The van der Waals surface area contributed by atoms with Crippen molar-refractivity contribution in [2.75, 3.05) is 7.05 Å². The Labute approximate surface area is 140 Å². The molecule has 0 radical (unpaired) electrons. The summed E-state index contributed by atoms with van der Waals surface area (Å²) in [5.41, 5.74) is 5.43. The summed E-state index contributed by atoms with van der Waals surface area (Å²) in [7, 11) is 1.73. The lowest BCUT2D eigenvalue weighted by atomic mass is 9.95. The average molecular weight is 326 g/mol. The highest BCUT2D eigenvalue weighted by Crippen LogP contribution is 2.24. The summed E-state index contributed by atoms with van der Waals surface area (Å²) in [5.74, 6) is -0.237. The Hall–Kier alpha value is -2.37. The van der Waals surface area contributed by atoms with Crippen LogP contribution in [0.4, 0.5) is 0 Å². The van der Waals surface area contributed by atoms with E-state index in [0.29, 0.717) is 6.54 Å². The molecule has 24 heavy (non-hydrogen) atoms. The highest BCUT2D eigenvalue weighted by Gasteiger charge is 2.23. The van der Waals surface area contributed by atoms with Crippen LogP contribution in [0.3, 0.4) is 0 Å². The van der Waals surface area contributed by atoms with Crippen LogP contribution in [0.5, 0.6) is 0 Å². The van der Waals surface area contributed by atoms with Gasteiger partial charge in [0.2, 0.25) is 0 Å². The van der Waals surface area contributed by atoms with Gasteiger partial charge in [-0.05, 0) is 62.1 Å². The maximum Gasteiger partial charge on any atom is 0.261 e. The second kappa shape index (κ2) is 5.92. The van der Waals surface area contributed by atoms with Crippen LogP contribution in [0.2, 0.25) is 0 Å². The molecule has 0 fully saturated rings. The van der Waals surface area contributed by atoms with Crippen molar-refractivity contribution in [2.24, 2.45) is 0 Å². The fraction of sp³-hybridized carbons (Fsp3) is 0.500. The summed E-state index contributed by atoms with van der Waals surface area (Å²) in [6.07, 6.45) is 7.23. The van der Waals surface area contributed by atoms with Crippen molar-refractivity contribution in [1.29, 1.82) is 0 Å². The molecule has 2 N–H and O–H groups in total. The van der Waals surface area contributed by atoms with Gasteiger partial charge in [-0.2, -0.15) is 5.10 Å². The molecule has 0 unspecified atom stereocenters. The molecule has 0 spiro atoms. The first-order valence-electron chi connectivity index (χ1n) is 8.69. The molecule has 0 saturated heterocycles. The Bertz CT molecular complexity index is 849. The fourth-order valence-electron chi connectivity index (χ4n) is 3.85. The summed E-state index contributed by atoms with van der Waals surface area (Å²) in [6, 6.07) is 1.79. The second-order valence-electron chi connectivity index (χ2n) is 6.87. The largest absolute Gasteiger partial charge is 0.336 e. The Morgan fingerprint density at radius 1 is 1.17 bits per heavy atom. The molecule has 4 rings (SSSR count). The zero-order chi connectivity index (χ0) is 16.7. The van der Waals surface area contributed by atoms with E-state index in [-0.39, 0.29) is 17.0 Å². The van der Waals surface area contributed by atoms with Gasteiger partial charge in [0, 0.05) is 18.4 Å². The van der Waals surface area contributed by atoms with Crippen molar-refractivity contribution in [3.05, 3.63) is 50.2 Å². The number of hydrogen-bond donors (Lipinski definition) is 2. The van der Waals surface area contributed by atoms with Gasteiger partial charge in [0.15, 0.2) is 0 Å². The lowest BCUT2D eigenvalue weighted by Gasteiger charge is -2.19. The number of H-pyrrole nitrogens is 2. The molecule has 2 aromatic heterocycles. The molecular weight excluding hydrogens is 304 g/mol. The highest BCUT2D eigenvalue weighted by atomic mass is 16.2. The second-order valence-corrected chi connectivity index (χ2v) is 6.87. The topological polar surface area (TPSA) is 81.8 Å². The predicted molar refractivity (Wildman–Crippen MR) is 90.1 cm³/mol. The van der Waals surface area contributed by atoms with E-state index >= 15 is 0 Å². The van der Waals surface area contributed by atoms with Gasteiger partial charge in [0.05, 0.1) is 12.2 Å². The fourth-order valence-corrected chi connectivity index (χ4v) is 3.85. The van der Waals surface area contributed by atoms with Crippen LogP contribution in [-0.2, 0) is 32.2 Å². The first-order valence-corrected chi connectivity index (χ1v) is 8.69. The number of aromatic amines is 2. The van der Waals surface area contributed by atoms with Crippen LogP contribution >= 0.6 is 0 Å². The Balaban J connectivity index is 1.57. The lowest BCUT2D eigenvalue weighted by molar-refractivity contribution is 0.0781. The molecule has 2 aromatic rings. The molecule has 0 atom stereocenters. The van der Waals surface area contributed by atoms with E-state index < -0.39 is 0 Å². The number of nitrogens with one attached hydrogen (secondary N) is 2. The molecule has 2 aliphatic rings. The number of rotatable bonds is 3. The number of aryl methyl sites for hydroxylation is 3. The van der Waals surface area contributed by atoms with Crippen molar-refractivity contribution in [2.45, 2.75) is 51.5 Å². The third-order valence-corrected chi connectivity index (χ3v) is 5.19. The summed E-state index contributed by atoms with van der Waals surface area (Å²) in [6.45, 7) is 0.432. The van der Waals surface area contributed by atoms with Crippen LogP contribution in [-0.4, -0.2) is 33.0 Å². The molecule has 6 nitrogen and oxygen atoms in total. The first-order chi connectivity index (χ1) is 11.6. The van der Waals surface area contributed by atoms with Gasteiger partial charge >= 0.3 is 0 Å². The molecule has 0 aromatic carbocycles. The highest BCUT2D eigenvalue weighted by molar-refractivity contribution is 5.93. The SMILES string of the molecule is CN(Cc1n[nH]c2c1CCC2)C(=O)c1cc2c([nH]c1=O)CCCC2. The molecule has 2 heterocycles. The van der Waals surface area contributed by atoms with Crippen molar-refractivity contribution in [3.63, 3.8) is 0 Å². The smallest absolute Gasteiger partial charge is 0.261 e. The van der Waals surface area contributed by atoms with Crippen LogP contribution < -0.4 is 5.56 Å². The zero-order valence-corrected chi connectivity index (χ0v) is 13.9. The van der Waals surface area contributed by atoms with E-state index in [0.717, 1.165) is 61.9 Å². The molecule has 0 bridgehead atoms. The van der Waals surface area contributed by atoms with E-state index in [9.17, 15) is 9.59 Å². The van der Waals surface area contributed by atoms with Crippen molar-refractivity contribution in [3.8, 4) is 0 Å². The summed E-state index contributed by atoms with van der Waals surface area (Å²) in [4.78, 5) is 29.5. The molecule has 0 aliphatic heterocycles. The number of fused-ring (bicyclic) bond motifs is 2. The van der Waals surface area contributed by atoms with Crippen molar-refractivity contribution < 1.29 is 4.79 Å². The Morgan fingerprint density at radius 2 is 1.96 bits per heavy atom. The monoisotopic (exact) mass is 326 g/mol. The number of pyridine rings is 1. The van der Waals surface area contributed by atoms with Crippen LogP contribution in [0, 0.1) is 0 Å². The van der Waals surface area contributed by atoms with Gasteiger partial charge in [-0.15, -0.1) is 0 Å². The van der Waals surface area contributed by atoms with Crippen molar-refractivity contribution >= 4 is 5.91 Å². The molecule has 6 heteroatoms. The summed E-state index contributed by atoms with van der Waals surface area (Å²) in [5, 5.41) is 7.41. The van der Waals surface area contributed by atoms with Crippen molar-refractivity contribution in [1.82, 2.24) is 20.1 Å². The Morgan fingerprint density at radius 3 is 2.83 bits per heavy atom. The van der Waals surface area contributed by atoms with E-state index in [1.807, 2.05) is 0 Å². The van der Waals surface area contributed by atoms with Gasteiger partial charge in [-0.3, -0.25) is 14.7 Å². The van der Waals surface area contributed by atoms with Crippen LogP contribution in [0.1, 0.15) is 57.8 Å². The molecular formula is C18H22N4O2. The lowest BCUT2D eigenvalue weighted by Crippen LogP contribution is -2.32. The van der Waals surface area contributed by atoms with Gasteiger partial charge in [-0.25, -0.2) is 0 Å². The summed E-state index contributed by atoms with van der Waals surface area (Å²) < 4.78 is 0. The number of hydrogen-bond acceptors (Lipinski definition) is 3. The maximum absolute atomic E-state index is 12.7. The first kappa shape index (κ1) is 15.2. The number of amides is 1. The number of aromatic nitrogens is 3. The van der Waals surface area contributed by atoms with Gasteiger partial charge in [-0.1, -0.05) is 0 Å². The molecule has 2 aliphatic carbocycles. The average Bonchev–Trinajstić information content (AvgIpc) is 3.18. The molecule has 0 saturated carbocycles. The number of carbonyl (C=O) groups excluding carboxylic acids is 1. The normalized spacial score (nSPS) is 15.9.